The summed E-state index contributed by atoms with van der Waals surface area (Å²) in [5.41, 5.74) is 6.20. The molecule has 1 aliphatic rings. The predicted molar refractivity (Wildman–Crippen MR) is 137 cm³/mol. The first kappa shape index (κ1) is 24.9. The zero-order chi connectivity index (χ0) is 24.8. The van der Waals surface area contributed by atoms with Gasteiger partial charge in [-0.15, -0.1) is 0 Å². The molecule has 0 radical (unpaired) electrons. The second-order valence-corrected chi connectivity index (χ2v) is 9.45. The van der Waals surface area contributed by atoms with Gasteiger partial charge in [0.05, 0.1) is 24.9 Å². The highest BCUT2D eigenvalue weighted by Crippen LogP contribution is 2.22. The van der Waals surface area contributed by atoms with Crippen molar-refractivity contribution in [2.24, 2.45) is 0 Å². The summed E-state index contributed by atoms with van der Waals surface area (Å²) in [6.45, 7) is 5.09. The fourth-order valence-corrected chi connectivity index (χ4v) is 4.77. The van der Waals surface area contributed by atoms with Crippen molar-refractivity contribution in [1.82, 2.24) is 15.1 Å². The Kier molecular flexibility index (Phi) is 8.13. The second kappa shape index (κ2) is 11.5. The van der Waals surface area contributed by atoms with Crippen molar-refractivity contribution >= 4 is 11.7 Å². The number of amides is 1. The molecule has 0 spiro atoms. The number of carbonyl (C=O) groups excluding carboxylic acids is 2. The minimum absolute atomic E-state index is 0.0807. The van der Waals surface area contributed by atoms with Gasteiger partial charge in [0.25, 0.3) is 5.91 Å². The maximum absolute atomic E-state index is 13.0. The van der Waals surface area contributed by atoms with Crippen LogP contribution >= 0.6 is 0 Å². The lowest BCUT2D eigenvalue weighted by atomic mass is 9.98. The molecule has 1 heterocycles. The molecule has 0 aliphatic heterocycles. The normalized spacial score (nSPS) is 14.1. The van der Waals surface area contributed by atoms with Crippen molar-refractivity contribution in [2.75, 3.05) is 7.05 Å². The Morgan fingerprint density at radius 3 is 2.46 bits per heavy atom. The highest BCUT2D eigenvalue weighted by atomic mass is 16.5. The van der Waals surface area contributed by atoms with E-state index in [1.807, 2.05) is 61.0 Å². The topological polar surface area (TPSA) is 73.2 Å². The largest absolute Gasteiger partial charge is 0.374 e. The Hall–Kier alpha value is -3.25. The Labute approximate surface area is 207 Å². The molecule has 184 valence electrons. The smallest absolute Gasteiger partial charge is 0.251 e. The number of aromatic nitrogens is 2. The van der Waals surface area contributed by atoms with Gasteiger partial charge in [-0.2, -0.15) is 5.10 Å². The third-order valence-corrected chi connectivity index (χ3v) is 6.93. The molecule has 0 atom stereocenters. The number of Topliss-reactive ketones (excluding diaryl/α,β-unsaturated/α-hetero) is 1. The molecule has 2 aromatic carbocycles. The summed E-state index contributed by atoms with van der Waals surface area (Å²) in [6.07, 6.45) is 6.84. The van der Waals surface area contributed by atoms with Crippen LogP contribution in [-0.4, -0.2) is 34.6 Å². The van der Waals surface area contributed by atoms with E-state index >= 15 is 0 Å². The molecule has 1 fully saturated rings. The number of nitrogens with zero attached hydrogens (tertiary/aromatic N) is 2. The van der Waals surface area contributed by atoms with Crippen molar-refractivity contribution < 1.29 is 14.3 Å². The van der Waals surface area contributed by atoms with Gasteiger partial charge in [0.15, 0.2) is 5.78 Å². The van der Waals surface area contributed by atoms with Crippen LogP contribution in [0.5, 0.6) is 0 Å². The summed E-state index contributed by atoms with van der Waals surface area (Å²) in [4.78, 5) is 25.0. The zero-order valence-electron chi connectivity index (χ0n) is 21.0. The van der Waals surface area contributed by atoms with Crippen LogP contribution in [-0.2, 0) is 24.3 Å². The monoisotopic (exact) mass is 473 g/mol. The number of hydrogen-bond acceptors (Lipinski definition) is 4. The molecule has 1 saturated carbocycles. The van der Waals surface area contributed by atoms with E-state index in [1.165, 1.54) is 19.3 Å². The summed E-state index contributed by atoms with van der Waals surface area (Å²) in [7, 11) is 1.62. The molecule has 4 rings (SSSR count). The van der Waals surface area contributed by atoms with Crippen LogP contribution < -0.4 is 5.32 Å². The van der Waals surface area contributed by atoms with Gasteiger partial charge < -0.3 is 10.1 Å². The molecule has 0 saturated heterocycles. The van der Waals surface area contributed by atoms with Crippen LogP contribution in [0.2, 0.25) is 0 Å². The molecule has 35 heavy (non-hydrogen) atoms. The SMILES string of the molecule is CNC(=O)c1cccc(Cn2nc(C)c(CC(=O)c3ccc(COC4CCCCC4)cc3)c2C)c1. The van der Waals surface area contributed by atoms with Crippen LogP contribution in [0.25, 0.3) is 0 Å². The van der Waals surface area contributed by atoms with Crippen molar-refractivity contribution in [1.29, 1.82) is 0 Å². The number of benzene rings is 2. The van der Waals surface area contributed by atoms with Crippen LogP contribution in [0.4, 0.5) is 0 Å². The van der Waals surface area contributed by atoms with Crippen LogP contribution in [0.15, 0.2) is 48.5 Å². The van der Waals surface area contributed by atoms with Gasteiger partial charge in [0.2, 0.25) is 0 Å². The van der Waals surface area contributed by atoms with Gasteiger partial charge in [-0.25, -0.2) is 0 Å². The molecule has 1 amide bonds. The quantitative estimate of drug-likeness (QED) is 0.435. The number of nitrogens with one attached hydrogen (secondary N) is 1. The first-order chi connectivity index (χ1) is 16.9. The third kappa shape index (κ3) is 6.25. The van der Waals surface area contributed by atoms with Crippen LogP contribution in [0, 0.1) is 13.8 Å². The Bertz CT molecular complexity index is 1170. The molecular formula is C29H35N3O3. The summed E-state index contributed by atoms with van der Waals surface area (Å²) in [6, 6.07) is 15.3. The van der Waals surface area contributed by atoms with Gasteiger partial charge in [-0.3, -0.25) is 14.3 Å². The predicted octanol–water partition coefficient (Wildman–Crippen LogP) is 5.18. The molecule has 0 unspecified atom stereocenters. The molecule has 1 N–H and O–H groups in total. The molecular weight excluding hydrogens is 438 g/mol. The molecule has 6 heteroatoms. The van der Waals surface area contributed by atoms with Crippen molar-refractivity contribution in [2.45, 2.75) is 71.6 Å². The van der Waals surface area contributed by atoms with E-state index in [-0.39, 0.29) is 11.7 Å². The Morgan fingerprint density at radius 2 is 1.74 bits per heavy atom. The van der Waals surface area contributed by atoms with E-state index in [0.29, 0.717) is 36.8 Å². The average molecular weight is 474 g/mol. The zero-order valence-corrected chi connectivity index (χ0v) is 21.0. The minimum atomic E-state index is -0.113. The lowest BCUT2D eigenvalue weighted by Gasteiger charge is -2.22. The minimum Gasteiger partial charge on any atom is -0.374 e. The summed E-state index contributed by atoms with van der Waals surface area (Å²) in [5, 5.41) is 7.33. The van der Waals surface area contributed by atoms with E-state index in [4.69, 9.17) is 4.74 Å². The number of hydrogen-bond donors (Lipinski definition) is 1. The number of rotatable bonds is 9. The van der Waals surface area contributed by atoms with Crippen molar-refractivity contribution in [3.8, 4) is 0 Å². The molecule has 0 bridgehead atoms. The first-order valence-electron chi connectivity index (χ1n) is 12.5. The Balaban J connectivity index is 1.39. The Morgan fingerprint density at radius 1 is 1.00 bits per heavy atom. The summed E-state index contributed by atoms with van der Waals surface area (Å²) >= 11 is 0. The molecule has 6 nitrogen and oxygen atoms in total. The first-order valence-corrected chi connectivity index (χ1v) is 12.5. The fraction of sp³-hybridized carbons (Fsp3) is 0.414. The van der Waals surface area contributed by atoms with Gasteiger partial charge in [0.1, 0.15) is 0 Å². The number of carbonyl (C=O) groups is 2. The van der Waals surface area contributed by atoms with Gasteiger partial charge in [0, 0.05) is 35.9 Å². The number of ether oxygens (including phenoxy) is 1. The maximum Gasteiger partial charge on any atom is 0.251 e. The molecule has 1 aliphatic carbocycles. The lowest BCUT2D eigenvalue weighted by molar-refractivity contribution is 0.0168. The highest BCUT2D eigenvalue weighted by Gasteiger charge is 2.17. The van der Waals surface area contributed by atoms with E-state index in [2.05, 4.69) is 10.4 Å². The van der Waals surface area contributed by atoms with E-state index in [1.54, 1.807) is 13.1 Å². The van der Waals surface area contributed by atoms with Gasteiger partial charge in [-0.05, 0) is 49.9 Å². The van der Waals surface area contributed by atoms with E-state index in [9.17, 15) is 9.59 Å². The fourth-order valence-electron chi connectivity index (χ4n) is 4.77. The van der Waals surface area contributed by atoms with Gasteiger partial charge >= 0.3 is 0 Å². The average Bonchev–Trinajstić information content (AvgIpc) is 3.15. The maximum atomic E-state index is 13.0. The van der Waals surface area contributed by atoms with E-state index < -0.39 is 0 Å². The van der Waals surface area contributed by atoms with Crippen molar-refractivity contribution in [3.05, 3.63) is 87.7 Å². The van der Waals surface area contributed by atoms with Crippen LogP contribution in [0.1, 0.15) is 80.9 Å². The second-order valence-electron chi connectivity index (χ2n) is 9.45. The van der Waals surface area contributed by atoms with E-state index in [0.717, 1.165) is 40.9 Å². The van der Waals surface area contributed by atoms with Crippen LogP contribution in [0.3, 0.4) is 0 Å². The number of aryl methyl sites for hydroxylation is 1. The molecule has 3 aromatic rings. The number of ketones is 1. The highest BCUT2D eigenvalue weighted by molar-refractivity contribution is 5.97. The van der Waals surface area contributed by atoms with Crippen molar-refractivity contribution in [3.63, 3.8) is 0 Å². The molecule has 1 aromatic heterocycles. The summed E-state index contributed by atoms with van der Waals surface area (Å²) < 4.78 is 7.97. The summed E-state index contributed by atoms with van der Waals surface area (Å²) in [5.74, 6) is -0.0322. The standard InChI is InChI=1S/C29H35N3O3/c1-20-27(21(2)32(31-20)18-23-8-7-9-25(16-23)29(34)30-3)17-28(33)24-14-12-22(13-15-24)19-35-26-10-5-4-6-11-26/h7-9,12-16,26H,4-6,10-11,17-19H2,1-3H3,(H,30,34). The lowest BCUT2D eigenvalue weighted by Crippen LogP contribution is -2.18. The van der Waals surface area contributed by atoms with Gasteiger partial charge in [-0.1, -0.05) is 55.7 Å². The third-order valence-electron chi connectivity index (χ3n) is 6.93.